The molecule has 30 heavy (non-hydrogen) atoms. The second kappa shape index (κ2) is 12.2. The van der Waals surface area contributed by atoms with Crippen LogP contribution in [0.4, 0.5) is 0 Å². The summed E-state index contributed by atoms with van der Waals surface area (Å²) in [7, 11) is 0. The number of carboxylic acids is 1. The predicted octanol–water partition coefficient (Wildman–Crippen LogP) is 4.06. The first kappa shape index (κ1) is 23.7. The zero-order chi connectivity index (χ0) is 21.9. The summed E-state index contributed by atoms with van der Waals surface area (Å²) in [6.45, 7) is 4.70. The van der Waals surface area contributed by atoms with Crippen molar-refractivity contribution >= 4 is 11.9 Å². The summed E-state index contributed by atoms with van der Waals surface area (Å²) < 4.78 is 0. The molecule has 3 atom stereocenters. The Bertz CT molecular complexity index is 805. The van der Waals surface area contributed by atoms with Crippen molar-refractivity contribution in [2.75, 3.05) is 6.54 Å². The van der Waals surface area contributed by atoms with Gasteiger partial charge in [-0.05, 0) is 49.3 Å². The molecule has 1 unspecified atom stereocenters. The minimum Gasteiger partial charge on any atom is -0.478 e. The minimum atomic E-state index is -0.930. The van der Waals surface area contributed by atoms with Gasteiger partial charge in [-0.15, -0.1) is 11.8 Å². The van der Waals surface area contributed by atoms with E-state index >= 15 is 0 Å². The van der Waals surface area contributed by atoms with Crippen LogP contribution in [0.5, 0.6) is 0 Å². The molecule has 0 aromatic heterocycles. The molecule has 1 aliphatic heterocycles. The molecule has 1 heterocycles. The van der Waals surface area contributed by atoms with E-state index in [0.717, 1.165) is 37.7 Å². The Kier molecular flexibility index (Phi) is 9.63. The van der Waals surface area contributed by atoms with Gasteiger partial charge >= 0.3 is 5.97 Å². The number of nitrogens with zero attached hydrogens (tertiary/aromatic N) is 1. The third-order valence-electron chi connectivity index (χ3n) is 5.45. The van der Waals surface area contributed by atoms with Crippen molar-refractivity contribution in [1.82, 2.24) is 4.90 Å². The quantitative estimate of drug-likeness (QED) is 0.450. The summed E-state index contributed by atoms with van der Waals surface area (Å²) in [5, 5.41) is 19.5. The molecule has 5 nitrogen and oxygen atoms in total. The molecular weight excluding hydrogens is 378 g/mol. The van der Waals surface area contributed by atoms with Crippen LogP contribution in [0.3, 0.4) is 0 Å². The summed E-state index contributed by atoms with van der Waals surface area (Å²) in [6, 6.07) is 6.94. The number of aromatic carboxylic acids is 1. The van der Waals surface area contributed by atoms with Gasteiger partial charge in [0.25, 0.3) is 0 Å². The van der Waals surface area contributed by atoms with Crippen LogP contribution in [-0.2, 0) is 11.2 Å². The van der Waals surface area contributed by atoms with E-state index in [1.54, 1.807) is 24.3 Å². The number of benzene rings is 1. The number of hydrogen-bond donors (Lipinski definition) is 2. The van der Waals surface area contributed by atoms with E-state index < -0.39 is 12.1 Å². The smallest absolute Gasteiger partial charge is 0.335 e. The molecule has 1 aromatic carbocycles. The van der Waals surface area contributed by atoms with Crippen molar-refractivity contribution < 1.29 is 19.8 Å². The lowest BCUT2D eigenvalue weighted by Gasteiger charge is -2.23. The average molecular weight is 412 g/mol. The number of rotatable bonds is 10. The lowest BCUT2D eigenvalue weighted by Crippen LogP contribution is -2.33. The van der Waals surface area contributed by atoms with Crippen LogP contribution in [0.2, 0.25) is 0 Å². The summed E-state index contributed by atoms with van der Waals surface area (Å²) in [6.07, 6.45) is 8.56. The highest BCUT2D eigenvalue weighted by Crippen LogP contribution is 2.22. The van der Waals surface area contributed by atoms with Gasteiger partial charge in [0.1, 0.15) is 0 Å². The molecule has 5 heteroatoms. The molecular formula is C25H33NO4. The third kappa shape index (κ3) is 7.35. The topological polar surface area (TPSA) is 77.8 Å². The lowest BCUT2D eigenvalue weighted by molar-refractivity contribution is -0.128. The maximum atomic E-state index is 12.3. The Morgan fingerprint density at radius 1 is 1.37 bits per heavy atom. The molecule has 0 aliphatic carbocycles. The monoisotopic (exact) mass is 411 g/mol. The zero-order valence-electron chi connectivity index (χ0n) is 18.0. The van der Waals surface area contributed by atoms with E-state index in [2.05, 4.69) is 18.8 Å². The standard InChI is InChI=1S/C25H33NO4/c1-3-4-5-6-9-19(2)23(27)15-13-22-14-16-24(28)26(22)17-8-11-20-10-7-12-21(18-20)25(29)30/h7,10,12-13,15,18-19,22-23,27H,3-4,8-9,11,14,16-17H2,1-2H3,(H,29,30)/t19-,22?,23+/m0/s1. The van der Waals surface area contributed by atoms with E-state index in [1.165, 1.54) is 0 Å². The molecule has 1 aliphatic rings. The first-order chi connectivity index (χ1) is 14.4. The van der Waals surface area contributed by atoms with Gasteiger partial charge in [-0.1, -0.05) is 38.1 Å². The van der Waals surface area contributed by atoms with E-state index in [1.807, 2.05) is 24.0 Å². The maximum Gasteiger partial charge on any atom is 0.335 e. The number of aliphatic hydroxyl groups is 1. The first-order valence-electron chi connectivity index (χ1n) is 10.9. The average Bonchev–Trinajstić information content (AvgIpc) is 3.09. The number of unbranched alkanes of at least 4 members (excludes halogenated alkanes) is 1. The van der Waals surface area contributed by atoms with E-state index in [0.29, 0.717) is 19.4 Å². The number of carboxylic acid groups (broad SMARTS) is 1. The third-order valence-corrected chi connectivity index (χ3v) is 5.45. The largest absolute Gasteiger partial charge is 0.478 e. The van der Waals surface area contributed by atoms with Crippen LogP contribution in [0.1, 0.15) is 68.3 Å². The summed E-state index contributed by atoms with van der Waals surface area (Å²) in [5.74, 6) is 5.49. The predicted molar refractivity (Wildman–Crippen MR) is 118 cm³/mol. The van der Waals surface area contributed by atoms with Crippen LogP contribution in [-0.4, -0.2) is 45.7 Å². The van der Waals surface area contributed by atoms with E-state index in [-0.39, 0.29) is 23.4 Å². The van der Waals surface area contributed by atoms with Crippen molar-refractivity contribution in [3.8, 4) is 11.8 Å². The summed E-state index contributed by atoms with van der Waals surface area (Å²) >= 11 is 0. The highest BCUT2D eigenvalue weighted by Gasteiger charge is 2.28. The molecule has 2 rings (SSSR count). The number of hydrogen-bond acceptors (Lipinski definition) is 3. The number of likely N-dealkylation sites (tertiary alicyclic amines) is 1. The molecule has 0 radical (unpaired) electrons. The number of amides is 1. The summed E-state index contributed by atoms with van der Waals surface area (Å²) in [5.41, 5.74) is 1.25. The van der Waals surface area contributed by atoms with Crippen LogP contribution in [0.25, 0.3) is 0 Å². The second-order valence-corrected chi connectivity index (χ2v) is 7.96. The van der Waals surface area contributed by atoms with Gasteiger partial charge in [0.2, 0.25) is 5.91 Å². The molecule has 1 amide bonds. The van der Waals surface area contributed by atoms with Crippen molar-refractivity contribution in [2.24, 2.45) is 5.92 Å². The lowest BCUT2D eigenvalue weighted by atomic mass is 9.99. The first-order valence-corrected chi connectivity index (χ1v) is 10.9. The Morgan fingerprint density at radius 3 is 2.90 bits per heavy atom. The van der Waals surface area contributed by atoms with Gasteiger partial charge in [-0.2, -0.15) is 0 Å². The molecule has 1 aromatic rings. The molecule has 0 saturated carbocycles. The van der Waals surface area contributed by atoms with Crippen molar-refractivity contribution in [1.29, 1.82) is 0 Å². The van der Waals surface area contributed by atoms with Crippen molar-refractivity contribution in [3.05, 3.63) is 47.5 Å². The van der Waals surface area contributed by atoms with Crippen molar-refractivity contribution in [2.45, 2.75) is 70.9 Å². The summed E-state index contributed by atoms with van der Waals surface area (Å²) in [4.78, 5) is 25.3. The minimum absolute atomic E-state index is 0.0101. The number of aryl methyl sites for hydroxylation is 1. The van der Waals surface area contributed by atoms with Gasteiger partial charge < -0.3 is 15.1 Å². The number of carbonyl (C=O) groups excluding carboxylic acids is 1. The fourth-order valence-electron chi connectivity index (χ4n) is 3.56. The fraction of sp³-hybridized carbons (Fsp3) is 0.520. The molecule has 2 N–H and O–H groups in total. The maximum absolute atomic E-state index is 12.3. The molecule has 0 bridgehead atoms. The molecule has 0 spiro atoms. The van der Waals surface area contributed by atoms with Gasteiger partial charge in [0.05, 0.1) is 17.7 Å². The SMILES string of the molecule is CCCC#CC[C@H](C)[C@H](O)C=CC1CCC(=O)N1CCCc1cccc(C(=O)O)c1. The highest BCUT2D eigenvalue weighted by atomic mass is 16.4. The molecule has 1 fully saturated rings. The van der Waals surface area contributed by atoms with E-state index in [4.69, 9.17) is 5.11 Å². The Balaban J connectivity index is 1.86. The van der Waals surface area contributed by atoms with Crippen LogP contribution >= 0.6 is 0 Å². The normalized spacial score (nSPS) is 18.3. The van der Waals surface area contributed by atoms with E-state index in [9.17, 15) is 14.7 Å². The van der Waals surface area contributed by atoms with Gasteiger partial charge in [0, 0.05) is 25.8 Å². The molecule has 162 valence electrons. The molecule has 1 saturated heterocycles. The van der Waals surface area contributed by atoms with Crippen LogP contribution in [0.15, 0.2) is 36.4 Å². The second-order valence-electron chi connectivity index (χ2n) is 7.96. The van der Waals surface area contributed by atoms with Crippen molar-refractivity contribution in [3.63, 3.8) is 0 Å². The number of aliphatic hydroxyl groups excluding tert-OH is 1. The zero-order valence-corrected chi connectivity index (χ0v) is 18.0. The van der Waals surface area contributed by atoms with Crippen LogP contribution in [0, 0.1) is 17.8 Å². The fourth-order valence-corrected chi connectivity index (χ4v) is 3.56. The Hall–Kier alpha value is -2.58. The number of carbonyl (C=O) groups is 2. The highest BCUT2D eigenvalue weighted by molar-refractivity contribution is 5.87. The van der Waals surface area contributed by atoms with Gasteiger partial charge in [-0.25, -0.2) is 4.79 Å². The van der Waals surface area contributed by atoms with Crippen LogP contribution < -0.4 is 0 Å². The Morgan fingerprint density at radius 2 is 2.17 bits per heavy atom. The Labute approximate surface area is 179 Å². The van der Waals surface area contributed by atoms with Gasteiger partial charge in [-0.3, -0.25) is 4.79 Å². The van der Waals surface area contributed by atoms with Gasteiger partial charge in [0.15, 0.2) is 0 Å².